The smallest absolute Gasteiger partial charge is 0.270 e. The summed E-state index contributed by atoms with van der Waals surface area (Å²) < 4.78 is 41.7. The van der Waals surface area contributed by atoms with Gasteiger partial charge in [0.1, 0.15) is 0 Å². The standard InChI is InChI=1S/C7H5BrF3NO/c1-13-7-5(6(10)11)3(8)2-4(9)12-7/h2,6H,1H3. The Morgan fingerprint density at radius 3 is 2.62 bits per heavy atom. The molecule has 0 aromatic carbocycles. The second kappa shape index (κ2) is 3.95. The predicted molar refractivity (Wildman–Crippen MR) is 43.4 cm³/mol. The van der Waals surface area contributed by atoms with E-state index in [2.05, 4.69) is 25.7 Å². The van der Waals surface area contributed by atoms with Crippen LogP contribution in [0.15, 0.2) is 10.5 Å². The number of hydrogen-bond acceptors (Lipinski definition) is 2. The lowest BCUT2D eigenvalue weighted by Crippen LogP contribution is -1.99. The Hall–Kier alpha value is -0.780. The normalized spacial score (nSPS) is 10.6. The lowest BCUT2D eigenvalue weighted by Gasteiger charge is -2.07. The number of halogens is 4. The van der Waals surface area contributed by atoms with Crippen molar-refractivity contribution >= 4 is 15.9 Å². The molecular formula is C7H5BrF3NO. The van der Waals surface area contributed by atoms with E-state index in [0.717, 1.165) is 13.2 Å². The fraction of sp³-hybridized carbons (Fsp3) is 0.286. The Kier molecular flexibility index (Phi) is 3.13. The van der Waals surface area contributed by atoms with Crippen LogP contribution in [-0.4, -0.2) is 12.1 Å². The van der Waals surface area contributed by atoms with Crippen LogP contribution in [0.4, 0.5) is 13.2 Å². The highest BCUT2D eigenvalue weighted by Crippen LogP contribution is 2.34. The van der Waals surface area contributed by atoms with Gasteiger partial charge in [-0.1, -0.05) is 0 Å². The Balaban J connectivity index is 3.30. The largest absolute Gasteiger partial charge is 0.481 e. The van der Waals surface area contributed by atoms with Gasteiger partial charge < -0.3 is 4.74 Å². The maximum Gasteiger partial charge on any atom is 0.270 e. The number of nitrogens with zero attached hydrogens (tertiary/aromatic N) is 1. The highest BCUT2D eigenvalue weighted by Gasteiger charge is 2.20. The second-order valence-electron chi connectivity index (χ2n) is 2.15. The molecule has 0 saturated carbocycles. The molecule has 13 heavy (non-hydrogen) atoms. The summed E-state index contributed by atoms with van der Waals surface area (Å²) in [6.07, 6.45) is -2.75. The van der Waals surface area contributed by atoms with Crippen molar-refractivity contribution in [3.8, 4) is 5.88 Å². The van der Waals surface area contributed by atoms with Crippen molar-refractivity contribution < 1.29 is 17.9 Å². The molecule has 0 bridgehead atoms. The van der Waals surface area contributed by atoms with Gasteiger partial charge in [-0.05, 0) is 15.9 Å². The number of hydrogen-bond donors (Lipinski definition) is 0. The highest BCUT2D eigenvalue weighted by atomic mass is 79.9. The van der Waals surface area contributed by atoms with Gasteiger partial charge in [0, 0.05) is 10.5 Å². The van der Waals surface area contributed by atoms with Crippen molar-refractivity contribution in [2.75, 3.05) is 7.11 Å². The van der Waals surface area contributed by atoms with Crippen LogP contribution in [0, 0.1) is 5.95 Å². The van der Waals surface area contributed by atoms with Gasteiger partial charge in [0.2, 0.25) is 11.8 Å². The van der Waals surface area contributed by atoms with Crippen LogP contribution in [0.25, 0.3) is 0 Å². The van der Waals surface area contributed by atoms with E-state index in [0.29, 0.717) is 0 Å². The maximum atomic E-state index is 12.6. The molecule has 0 spiro atoms. The molecule has 72 valence electrons. The van der Waals surface area contributed by atoms with Gasteiger partial charge in [0.25, 0.3) is 6.43 Å². The molecule has 2 nitrogen and oxygen atoms in total. The minimum atomic E-state index is -2.75. The molecule has 0 aliphatic rings. The summed E-state index contributed by atoms with van der Waals surface area (Å²) in [6.45, 7) is 0. The molecule has 1 heterocycles. The Morgan fingerprint density at radius 1 is 1.54 bits per heavy atom. The number of pyridine rings is 1. The third-order valence-electron chi connectivity index (χ3n) is 1.35. The third-order valence-corrected chi connectivity index (χ3v) is 2.01. The molecule has 1 aromatic heterocycles. The molecule has 6 heteroatoms. The topological polar surface area (TPSA) is 22.1 Å². The van der Waals surface area contributed by atoms with Crippen LogP contribution in [0.2, 0.25) is 0 Å². The van der Waals surface area contributed by atoms with Crippen molar-refractivity contribution in [2.24, 2.45) is 0 Å². The first-order chi connectivity index (χ1) is 6.06. The minimum Gasteiger partial charge on any atom is -0.481 e. The van der Waals surface area contributed by atoms with Gasteiger partial charge in [0.05, 0.1) is 12.7 Å². The van der Waals surface area contributed by atoms with Gasteiger partial charge in [-0.3, -0.25) is 0 Å². The van der Waals surface area contributed by atoms with Crippen molar-refractivity contribution in [2.45, 2.75) is 6.43 Å². The Labute approximate surface area is 80.9 Å². The molecule has 0 N–H and O–H groups in total. The van der Waals surface area contributed by atoms with E-state index in [4.69, 9.17) is 0 Å². The van der Waals surface area contributed by atoms with Gasteiger partial charge >= 0.3 is 0 Å². The van der Waals surface area contributed by atoms with E-state index in [1.807, 2.05) is 0 Å². The Bertz CT molecular complexity index is 319. The fourth-order valence-corrected chi connectivity index (χ4v) is 1.36. The van der Waals surface area contributed by atoms with Crippen LogP contribution in [0.1, 0.15) is 12.0 Å². The number of alkyl halides is 2. The molecule has 0 fully saturated rings. The molecule has 0 saturated heterocycles. The molecule has 0 radical (unpaired) electrons. The van der Waals surface area contributed by atoms with E-state index in [1.165, 1.54) is 0 Å². The van der Waals surface area contributed by atoms with E-state index >= 15 is 0 Å². The number of methoxy groups -OCH3 is 1. The molecule has 1 rings (SSSR count). The van der Waals surface area contributed by atoms with Gasteiger partial charge in [-0.15, -0.1) is 0 Å². The SMILES string of the molecule is COc1nc(F)cc(Br)c1C(F)F. The minimum absolute atomic E-state index is 0.0492. The summed E-state index contributed by atoms with van der Waals surface area (Å²) in [6, 6.07) is 0.865. The highest BCUT2D eigenvalue weighted by molar-refractivity contribution is 9.10. The quantitative estimate of drug-likeness (QED) is 0.759. The van der Waals surface area contributed by atoms with E-state index in [1.54, 1.807) is 0 Å². The maximum absolute atomic E-state index is 12.6. The zero-order chi connectivity index (χ0) is 10.0. The van der Waals surface area contributed by atoms with Crippen LogP contribution >= 0.6 is 15.9 Å². The Morgan fingerprint density at radius 2 is 2.15 bits per heavy atom. The predicted octanol–water partition coefficient (Wildman–Crippen LogP) is 2.93. The zero-order valence-corrected chi connectivity index (χ0v) is 8.11. The molecular weight excluding hydrogens is 251 g/mol. The second-order valence-corrected chi connectivity index (χ2v) is 3.00. The monoisotopic (exact) mass is 255 g/mol. The zero-order valence-electron chi connectivity index (χ0n) is 6.52. The van der Waals surface area contributed by atoms with Crippen LogP contribution in [0.3, 0.4) is 0 Å². The number of ether oxygens (including phenoxy) is 1. The van der Waals surface area contributed by atoms with Gasteiger partial charge in [0.15, 0.2) is 0 Å². The first-order valence-electron chi connectivity index (χ1n) is 3.24. The molecule has 0 aliphatic carbocycles. The lowest BCUT2D eigenvalue weighted by molar-refractivity contribution is 0.144. The average molecular weight is 256 g/mol. The lowest BCUT2D eigenvalue weighted by atomic mass is 10.3. The van der Waals surface area contributed by atoms with Crippen LogP contribution in [-0.2, 0) is 0 Å². The van der Waals surface area contributed by atoms with E-state index in [-0.39, 0.29) is 4.47 Å². The van der Waals surface area contributed by atoms with Gasteiger partial charge in [-0.25, -0.2) is 8.78 Å². The van der Waals surface area contributed by atoms with Crippen molar-refractivity contribution in [1.29, 1.82) is 0 Å². The summed E-state index contributed by atoms with van der Waals surface area (Å²) in [5.74, 6) is -1.27. The van der Waals surface area contributed by atoms with Crippen molar-refractivity contribution in [1.82, 2.24) is 4.98 Å². The number of rotatable bonds is 2. The molecule has 0 aliphatic heterocycles. The summed E-state index contributed by atoms with van der Waals surface area (Å²) in [4.78, 5) is 3.17. The summed E-state index contributed by atoms with van der Waals surface area (Å²) in [5, 5.41) is 0. The first-order valence-corrected chi connectivity index (χ1v) is 4.03. The molecule has 1 aromatic rings. The molecule has 0 atom stereocenters. The molecule has 0 unspecified atom stereocenters. The fourth-order valence-electron chi connectivity index (χ4n) is 0.827. The third kappa shape index (κ3) is 2.12. The van der Waals surface area contributed by atoms with E-state index in [9.17, 15) is 13.2 Å². The van der Waals surface area contributed by atoms with E-state index < -0.39 is 23.8 Å². The van der Waals surface area contributed by atoms with Crippen LogP contribution < -0.4 is 4.74 Å². The first kappa shape index (κ1) is 10.3. The summed E-state index contributed by atoms with van der Waals surface area (Å²) in [5.41, 5.74) is -0.441. The summed E-state index contributed by atoms with van der Waals surface area (Å²) >= 11 is 2.80. The van der Waals surface area contributed by atoms with Crippen LogP contribution in [0.5, 0.6) is 5.88 Å². The van der Waals surface area contributed by atoms with Gasteiger partial charge in [-0.2, -0.15) is 9.37 Å². The van der Waals surface area contributed by atoms with Crippen molar-refractivity contribution in [3.05, 3.63) is 22.1 Å². The van der Waals surface area contributed by atoms with Crippen molar-refractivity contribution in [3.63, 3.8) is 0 Å². The molecule has 0 amide bonds. The summed E-state index contributed by atoms with van der Waals surface area (Å²) in [7, 11) is 1.15. The average Bonchev–Trinajstić information content (AvgIpc) is 2.01. The number of aromatic nitrogens is 1.